The fourth-order valence-corrected chi connectivity index (χ4v) is 1.67. The zero-order valence-corrected chi connectivity index (χ0v) is 12.0. The zero-order valence-electron chi connectivity index (χ0n) is 12.0. The maximum Gasteiger partial charge on any atom is 0.258 e. The summed E-state index contributed by atoms with van der Waals surface area (Å²) in [7, 11) is 0. The Morgan fingerprint density at radius 1 is 1.26 bits per heavy atom. The lowest BCUT2D eigenvalue weighted by Gasteiger charge is -2.28. The van der Waals surface area contributed by atoms with Gasteiger partial charge in [-0.25, -0.2) is 0 Å². The van der Waals surface area contributed by atoms with Crippen LogP contribution in [-0.2, 0) is 11.3 Å². The van der Waals surface area contributed by atoms with E-state index in [1.807, 2.05) is 31.2 Å². The minimum absolute atomic E-state index is 0.0392. The molecule has 19 heavy (non-hydrogen) atoms. The Bertz CT molecular complexity index is 397. The topological polar surface area (TPSA) is 64.3 Å². The summed E-state index contributed by atoms with van der Waals surface area (Å²) in [6.45, 7) is 6.72. The Hall–Kier alpha value is -1.55. The van der Waals surface area contributed by atoms with Crippen molar-refractivity contribution in [3.63, 3.8) is 0 Å². The SMILES string of the molecule is CCC(C)(CC)NC(=O)COc1ccc(CN)cc1. The molecular formula is C15H24N2O2. The standard InChI is InChI=1S/C15H24N2O2/c1-4-15(3,5-2)17-14(18)11-19-13-8-6-12(10-16)7-9-13/h6-9H,4-5,10-11,16H2,1-3H3,(H,17,18). The monoisotopic (exact) mass is 264 g/mol. The van der Waals surface area contributed by atoms with Crippen LogP contribution in [0.5, 0.6) is 5.75 Å². The number of carbonyl (C=O) groups excluding carboxylic acids is 1. The van der Waals surface area contributed by atoms with Crippen LogP contribution in [0.1, 0.15) is 39.2 Å². The van der Waals surface area contributed by atoms with Gasteiger partial charge < -0.3 is 15.8 Å². The van der Waals surface area contributed by atoms with E-state index in [1.165, 1.54) is 0 Å². The van der Waals surface area contributed by atoms with Gasteiger partial charge in [-0.2, -0.15) is 0 Å². The summed E-state index contributed by atoms with van der Waals surface area (Å²) in [5.41, 5.74) is 6.41. The molecule has 0 aliphatic heterocycles. The quantitative estimate of drug-likeness (QED) is 0.793. The van der Waals surface area contributed by atoms with Gasteiger partial charge in [0, 0.05) is 12.1 Å². The number of nitrogens with one attached hydrogen (secondary N) is 1. The van der Waals surface area contributed by atoms with Crippen molar-refractivity contribution in [2.45, 2.75) is 45.7 Å². The van der Waals surface area contributed by atoms with Crippen LogP contribution in [0.15, 0.2) is 24.3 Å². The van der Waals surface area contributed by atoms with Crippen molar-refractivity contribution in [3.05, 3.63) is 29.8 Å². The van der Waals surface area contributed by atoms with E-state index in [2.05, 4.69) is 19.2 Å². The molecule has 1 aromatic carbocycles. The molecule has 0 atom stereocenters. The molecule has 4 nitrogen and oxygen atoms in total. The summed E-state index contributed by atoms with van der Waals surface area (Å²) in [6, 6.07) is 7.45. The van der Waals surface area contributed by atoms with Gasteiger partial charge in [-0.3, -0.25) is 4.79 Å². The summed E-state index contributed by atoms with van der Waals surface area (Å²) in [4.78, 5) is 11.8. The third kappa shape index (κ3) is 4.91. The van der Waals surface area contributed by atoms with Gasteiger partial charge in [-0.15, -0.1) is 0 Å². The molecule has 0 bridgehead atoms. The molecule has 0 heterocycles. The van der Waals surface area contributed by atoms with Crippen LogP contribution in [0.2, 0.25) is 0 Å². The molecule has 4 heteroatoms. The molecule has 0 radical (unpaired) electrons. The van der Waals surface area contributed by atoms with Crippen molar-refractivity contribution in [2.24, 2.45) is 5.73 Å². The summed E-state index contributed by atoms with van der Waals surface area (Å²) >= 11 is 0. The predicted octanol–water partition coefficient (Wildman–Crippen LogP) is 2.22. The molecule has 0 saturated heterocycles. The number of amides is 1. The van der Waals surface area contributed by atoms with Gasteiger partial charge in [0.2, 0.25) is 0 Å². The van der Waals surface area contributed by atoms with E-state index in [4.69, 9.17) is 10.5 Å². The number of hydrogen-bond acceptors (Lipinski definition) is 3. The van der Waals surface area contributed by atoms with Gasteiger partial charge >= 0.3 is 0 Å². The molecule has 1 rings (SSSR count). The Balaban J connectivity index is 2.45. The Morgan fingerprint density at radius 3 is 2.32 bits per heavy atom. The smallest absolute Gasteiger partial charge is 0.258 e. The van der Waals surface area contributed by atoms with E-state index >= 15 is 0 Å². The number of rotatable bonds is 7. The first-order valence-corrected chi connectivity index (χ1v) is 6.75. The van der Waals surface area contributed by atoms with Crippen LogP contribution in [0.3, 0.4) is 0 Å². The first-order valence-electron chi connectivity index (χ1n) is 6.75. The third-order valence-corrected chi connectivity index (χ3v) is 3.53. The van der Waals surface area contributed by atoms with Crippen molar-refractivity contribution in [2.75, 3.05) is 6.61 Å². The number of benzene rings is 1. The predicted molar refractivity (Wildman–Crippen MR) is 77.0 cm³/mol. The molecule has 0 fully saturated rings. The average Bonchev–Trinajstić information content (AvgIpc) is 2.45. The van der Waals surface area contributed by atoms with Crippen LogP contribution in [0, 0.1) is 0 Å². The van der Waals surface area contributed by atoms with E-state index in [9.17, 15) is 4.79 Å². The Labute approximate surface area is 115 Å². The van der Waals surface area contributed by atoms with Gasteiger partial charge in [0.05, 0.1) is 0 Å². The highest BCUT2D eigenvalue weighted by Gasteiger charge is 2.21. The van der Waals surface area contributed by atoms with Crippen LogP contribution < -0.4 is 15.8 Å². The lowest BCUT2D eigenvalue weighted by Crippen LogP contribution is -2.46. The molecule has 0 saturated carbocycles. The Morgan fingerprint density at radius 2 is 1.84 bits per heavy atom. The van der Waals surface area contributed by atoms with Crippen LogP contribution >= 0.6 is 0 Å². The first-order chi connectivity index (χ1) is 9.03. The summed E-state index contributed by atoms with van der Waals surface area (Å²) in [6.07, 6.45) is 1.81. The summed E-state index contributed by atoms with van der Waals surface area (Å²) < 4.78 is 5.45. The van der Waals surface area contributed by atoms with E-state index in [1.54, 1.807) is 0 Å². The van der Waals surface area contributed by atoms with Gasteiger partial charge in [-0.05, 0) is 37.5 Å². The van der Waals surface area contributed by atoms with E-state index in [0.717, 1.165) is 18.4 Å². The van der Waals surface area contributed by atoms with Crippen LogP contribution in [0.4, 0.5) is 0 Å². The van der Waals surface area contributed by atoms with Crippen LogP contribution in [0.25, 0.3) is 0 Å². The zero-order chi connectivity index (χ0) is 14.3. The van der Waals surface area contributed by atoms with Gasteiger partial charge in [-0.1, -0.05) is 26.0 Å². The molecule has 0 spiro atoms. The van der Waals surface area contributed by atoms with Crippen molar-refractivity contribution in [3.8, 4) is 5.75 Å². The molecule has 1 aromatic rings. The van der Waals surface area contributed by atoms with Crippen molar-refractivity contribution in [1.82, 2.24) is 5.32 Å². The van der Waals surface area contributed by atoms with Crippen molar-refractivity contribution in [1.29, 1.82) is 0 Å². The van der Waals surface area contributed by atoms with Gasteiger partial charge in [0.15, 0.2) is 6.61 Å². The number of hydrogen-bond donors (Lipinski definition) is 2. The summed E-state index contributed by atoms with van der Waals surface area (Å²) in [5, 5.41) is 3.00. The summed E-state index contributed by atoms with van der Waals surface area (Å²) in [5.74, 6) is 0.594. The highest BCUT2D eigenvalue weighted by Crippen LogP contribution is 2.14. The second-order valence-electron chi connectivity index (χ2n) is 4.95. The Kier molecular flexibility index (Phi) is 5.83. The van der Waals surface area contributed by atoms with E-state index < -0.39 is 0 Å². The normalized spacial score (nSPS) is 11.2. The first kappa shape index (κ1) is 15.5. The fraction of sp³-hybridized carbons (Fsp3) is 0.533. The molecule has 0 aliphatic rings. The molecule has 106 valence electrons. The number of carbonyl (C=O) groups is 1. The molecule has 0 unspecified atom stereocenters. The molecular weight excluding hydrogens is 240 g/mol. The number of ether oxygens (including phenoxy) is 1. The van der Waals surface area contributed by atoms with Crippen molar-refractivity contribution >= 4 is 5.91 Å². The third-order valence-electron chi connectivity index (χ3n) is 3.53. The molecule has 3 N–H and O–H groups in total. The second-order valence-corrected chi connectivity index (χ2v) is 4.95. The maximum atomic E-state index is 11.8. The average molecular weight is 264 g/mol. The minimum atomic E-state index is -0.149. The van der Waals surface area contributed by atoms with Gasteiger partial charge in [0.25, 0.3) is 5.91 Å². The van der Waals surface area contributed by atoms with E-state index in [-0.39, 0.29) is 18.1 Å². The minimum Gasteiger partial charge on any atom is -0.484 e. The highest BCUT2D eigenvalue weighted by molar-refractivity contribution is 5.78. The van der Waals surface area contributed by atoms with E-state index in [0.29, 0.717) is 12.3 Å². The van der Waals surface area contributed by atoms with Gasteiger partial charge in [0.1, 0.15) is 5.75 Å². The highest BCUT2D eigenvalue weighted by atomic mass is 16.5. The second kappa shape index (κ2) is 7.14. The molecule has 0 aromatic heterocycles. The largest absolute Gasteiger partial charge is 0.484 e. The lowest BCUT2D eigenvalue weighted by atomic mass is 9.96. The maximum absolute atomic E-state index is 11.8. The van der Waals surface area contributed by atoms with Crippen LogP contribution in [-0.4, -0.2) is 18.1 Å². The molecule has 0 aliphatic carbocycles. The van der Waals surface area contributed by atoms with Crippen molar-refractivity contribution < 1.29 is 9.53 Å². The lowest BCUT2D eigenvalue weighted by molar-refractivity contribution is -0.125. The molecule has 1 amide bonds. The number of nitrogens with two attached hydrogens (primary N) is 1. The fourth-order valence-electron chi connectivity index (χ4n) is 1.67.